The lowest BCUT2D eigenvalue weighted by Crippen LogP contribution is -1.92. The standard InChI is InChI=1S/C14H9BrFNO/c15-8-11-7-12(16)5-6-14(11)18-13-4-2-1-3-10(13)9-17/h1-7H,8H2. The van der Waals surface area contributed by atoms with Crippen molar-refractivity contribution in [2.24, 2.45) is 0 Å². The van der Waals surface area contributed by atoms with Crippen LogP contribution in [-0.4, -0.2) is 0 Å². The van der Waals surface area contributed by atoms with E-state index in [2.05, 4.69) is 22.0 Å². The summed E-state index contributed by atoms with van der Waals surface area (Å²) in [5, 5.41) is 9.45. The molecule has 2 aromatic carbocycles. The second-order valence-corrected chi connectivity index (χ2v) is 4.16. The minimum Gasteiger partial charge on any atom is -0.456 e. The van der Waals surface area contributed by atoms with Crippen molar-refractivity contribution in [3.05, 3.63) is 59.4 Å². The van der Waals surface area contributed by atoms with Gasteiger partial charge >= 0.3 is 0 Å². The Morgan fingerprint density at radius 3 is 2.67 bits per heavy atom. The van der Waals surface area contributed by atoms with Gasteiger partial charge in [-0.2, -0.15) is 5.26 Å². The Morgan fingerprint density at radius 2 is 1.94 bits per heavy atom. The van der Waals surface area contributed by atoms with Gasteiger partial charge in [-0.1, -0.05) is 28.1 Å². The molecule has 18 heavy (non-hydrogen) atoms. The number of benzene rings is 2. The van der Waals surface area contributed by atoms with Crippen LogP contribution < -0.4 is 4.74 Å². The first-order valence-corrected chi connectivity index (χ1v) is 6.38. The van der Waals surface area contributed by atoms with E-state index in [0.29, 0.717) is 28.0 Å². The molecule has 0 atom stereocenters. The zero-order valence-electron chi connectivity index (χ0n) is 9.36. The summed E-state index contributed by atoms with van der Waals surface area (Å²) in [5.41, 5.74) is 1.14. The topological polar surface area (TPSA) is 33.0 Å². The highest BCUT2D eigenvalue weighted by atomic mass is 79.9. The molecule has 0 heterocycles. The van der Waals surface area contributed by atoms with E-state index in [9.17, 15) is 4.39 Å². The molecule has 0 amide bonds. The molecule has 0 saturated heterocycles. The molecule has 0 radical (unpaired) electrons. The van der Waals surface area contributed by atoms with E-state index in [4.69, 9.17) is 10.00 Å². The molecule has 4 heteroatoms. The molecule has 0 spiro atoms. The second-order valence-electron chi connectivity index (χ2n) is 3.60. The van der Waals surface area contributed by atoms with Crippen molar-refractivity contribution < 1.29 is 9.13 Å². The molecule has 2 aromatic rings. The van der Waals surface area contributed by atoms with Crippen LogP contribution in [-0.2, 0) is 5.33 Å². The summed E-state index contributed by atoms with van der Waals surface area (Å²) in [5.74, 6) is 0.690. The monoisotopic (exact) mass is 305 g/mol. The number of nitrogens with zero attached hydrogens (tertiary/aromatic N) is 1. The van der Waals surface area contributed by atoms with E-state index in [-0.39, 0.29) is 5.82 Å². The highest BCUT2D eigenvalue weighted by molar-refractivity contribution is 9.08. The third-order valence-electron chi connectivity index (χ3n) is 2.39. The van der Waals surface area contributed by atoms with Gasteiger partial charge in [0.1, 0.15) is 23.4 Å². The molecule has 0 aliphatic carbocycles. The first kappa shape index (κ1) is 12.6. The summed E-state index contributed by atoms with van der Waals surface area (Å²) in [6.07, 6.45) is 0. The van der Waals surface area contributed by atoms with E-state index >= 15 is 0 Å². The van der Waals surface area contributed by atoms with Crippen LogP contribution in [0.15, 0.2) is 42.5 Å². The number of nitriles is 1. The maximum atomic E-state index is 13.1. The number of para-hydroxylation sites is 1. The lowest BCUT2D eigenvalue weighted by Gasteiger charge is -2.10. The van der Waals surface area contributed by atoms with Gasteiger partial charge in [0.2, 0.25) is 0 Å². The van der Waals surface area contributed by atoms with Gasteiger partial charge in [-0.15, -0.1) is 0 Å². The van der Waals surface area contributed by atoms with Crippen molar-refractivity contribution in [1.82, 2.24) is 0 Å². The molecule has 0 aromatic heterocycles. The molecule has 0 aliphatic heterocycles. The Hall–Kier alpha value is -1.86. The van der Waals surface area contributed by atoms with Gasteiger partial charge in [0.05, 0.1) is 5.56 Å². The zero-order chi connectivity index (χ0) is 13.0. The van der Waals surface area contributed by atoms with E-state index in [0.717, 1.165) is 0 Å². The molecule has 0 fully saturated rings. The number of ether oxygens (including phenoxy) is 1. The molecular weight excluding hydrogens is 297 g/mol. The van der Waals surface area contributed by atoms with E-state index in [1.54, 1.807) is 30.3 Å². The predicted octanol–water partition coefficient (Wildman–Crippen LogP) is 4.38. The van der Waals surface area contributed by atoms with Gasteiger partial charge in [-0.05, 0) is 30.3 Å². The highest BCUT2D eigenvalue weighted by Gasteiger charge is 2.08. The smallest absolute Gasteiger partial charge is 0.145 e. The van der Waals surface area contributed by atoms with Gasteiger partial charge in [0.25, 0.3) is 0 Å². The number of hydrogen-bond donors (Lipinski definition) is 0. The van der Waals surface area contributed by atoms with Gasteiger partial charge in [-0.3, -0.25) is 0 Å². The van der Waals surface area contributed by atoms with Crippen LogP contribution >= 0.6 is 15.9 Å². The Bertz CT molecular complexity index is 607. The Labute approximate surface area is 113 Å². The summed E-state index contributed by atoms with van der Waals surface area (Å²) < 4.78 is 18.7. The van der Waals surface area contributed by atoms with Crippen molar-refractivity contribution in [3.63, 3.8) is 0 Å². The molecule has 0 N–H and O–H groups in total. The van der Waals surface area contributed by atoms with Crippen molar-refractivity contribution in [2.75, 3.05) is 0 Å². The fourth-order valence-electron chi connectivity index (χ4n) is 1.52. The lowest BCUT2D eigenvalue weighted by atomic mass is 10.2. The molecule has 2 nitrogen and oxygen atoms in total. The van der Waals surface area contributed by atoms with E-state index in [1.807, 2.05) is 0 Å². The van der Waals surface area contributed by atoms with Gasteiger partial charge < -0.3 is 4.74 Å². The molecule has 0 unspecified atom stereocenters. The highest BCUT2D eigenvalue weighted by Crippen LogP contribution is 2.29. The van der Waals surface area contributed by atoms with Crippen LogP contribution in [0.2, 0.25) is 0 Å². The molecular formula is C14H9BrFNO. The Kier molecular flexibility index (Phi) is 3.96. The van der Waals surface area contributed by atoms with Crippen molar-refractivity contribution in [2.45, 2.75) is 5.33 Å². The van der Waals surface area contributed by atoms with E-state index < -0.39 is 0 Å². The van der Waals surface area contributed by atoms with Crippen LogP contribution in [0.4, 0.5) is 4.39 Å². The first-order chi connectivity index (χ1) is 8.74. The average Bonchev–Trinajstić information content (AvgIpc) is 2.41. The van der Waals surface area contributed by atoms with Crippen LogP contribution in [0, 0.1) is 17.1 Å². The number of rotatable bonds is 3. The molecule has 0 aliphatic rings. The summed E-state index contributed by atoms with van der Waals surface area (Å²) >= 11 is 3.28. The largest absolute Gasteiger partial charge is 0.456 e. The Balaban J connectivity index is 2.37. The van der Waals surface area contributed by atoms with Crippen LogP contribution in [0.5, 0.6) is 11.5 Å². The third kappa shape index (κ3) is 2.69. The third-order valence-corrected chi connectivity index (χ3v) is 3.00. The van der Waals surface area contributed by atoms with Crippen molar-refractivity contribution in [3.8, 4) is 17.6 Å². The predicted molar refractivity (Wildman–Crippen MR) is 70.3 cm³/mol. The minimum atomic E-state index is -0.314. The maximum absolute atomic E-state index is 13.1. The number of halogens is 2. The van der Waals surface area contributed by atoms with Gasteiger partial charge in [0.15, 0.2) is 0 Å². The van der Waals surface area contributed by atoms with Crippen molar-refractivity contribution >= 4 is 15.9 Å². The normalized spacial score (nSPS) is 9.83. The van der Waals surface area contributed by atoms with Crippen LogP contribution in [0.1, 0.15) is 11.1 Å². The molecule has 90 valence electrons. The number of alkyl halides is 1. The zero-order valence-corrected chi connectivity index (χ0v) is 10.9. The van der Waals surface area contributed by atoms with Gasteiger partial charge in [0, 0.05) is 10.9 Å². The molecule has 0 bridgehead atoms. The second kappa shape index (κ2) is 5.65. The number of hydrogen-bond acceptors (Lipinski definition) is 2. The van der Waals surface area contributed by atoms with Gasteiger partial charge in [-0.25, -0.2) is 4.39 Å². The summed E-state index contributed by atoms with van der Waals surface area (Å²) in [6.45, 7) is 0. The maximum Gasteiger partial charge on any atom is 0.145 e. The summed E-state index contributed by atoms with van der Waals surface area (Å²) in [4.78, 5) is 0. The quantitative estimate of drug-likeness (QED) is 0.788. The van der Waals surface area contributed by atoms with Crippen LogP contribution in [0.25, 0.3) is 0 Å². The summed E-state index contributed by atoms with van der Waals surface area (Å²) in [7, 11) is 0. The van der Waals surface area contributed by atoms with E-state index in [1.165, 1.54) is 12.1 Å². The fourth-order valence-corrected chi connectivity index (χ4v) is 1.96. The summed E-state index contributed by atoms with van der Waals surface area (Å²) in [6, 6.07) is 13.3. The lowest BCUT2D eigenvalue weighted by molar-refractivity contribution is 0.474. The average molecular weight is 306 g/mol. The molecule has 2 rings (SSSR count). The first-order valence-electron chi connectivity index (χ1n) is 5.26. The fraction of sp³-hybridized carbons (Fsp3) is 0.0714. The SMILES string of the molecule is N#Cc1ccccc1Oc1ccc(F)cc1CBr. The van der Waals surface area contributed by atoms with Crippen molar-refractivity contribution in [1.29, 1.82) is 5.26 Å². The van der Waals surface area contributed by atoms with Crippen LogP contribution in [0.3, 0.4) is 0 Å². The minimum absolute atomic E-state index is 0.314. The molecule has 0 saturated carbocycles. The Morgan fingerprint density at radius 1 is 1.17 bits per heavy atom.